The maximum Gasteiger partial charge on any atom is 0.240 e. The van der Waals surface area contributed by atoms with Crippen LogP contribution < -0.4 is 5.32 Å². The van der Waals surface area contributed by atoms with Crippen LogP contribution in [-0.2, 0) is 9.53 Å². The minimum absolute atomic E-state index is 0.0518. The van der Waals surface area contributed by atoms with Crippen LogP contribution >= 0.6 is 11.8 Å². The van der Waals surface area contributed by atoms with Crippen LogP contribution in [0.4, 0.5) is 0 Å². The summed E-state index contributed by atoms with van der Waals surface area (Å²) in [5, 5.41) is 3.27. The van der Waals surface area contributed by atoms with Crippen molar-refractivity contribution in [2.24, 2.45) is 5.92 Å². The largest absolute Gasteiger partial charge is 0.378 e. The van der Waals surface area contributed by atoms with Crippen molar-refractivity contribution in [1.82, 2.24) is 10.2 Å². The van der Waals surface area contributed by atoms with E-state index in [4.69, 9.17) is 4.74 Å². The van der Waals surface area contributed by atoms with Crippen LogP contribution in [0.5, 0.6) is 0 Å². The fourth-order valence-electron chi connectivity index (χ4n) is 3.47. The number of nitrogens with zero attached hydrogens (tertiary/aromatic N) is 1. The lowest BCUT2D eigenvalue weighted by Gasteiger charge is -2.33. The zero-order valence-electron chi connectivity index (χ0n) is 12.2. The van der Waals surface area contributed by atoms with Crippen LogP contribution in [0, 0.1) is 5.92 Å². The van der Waals surface area contributed by atoms with E-state index in [0.717, 1.165) is 50.1 Å². The number of piperidine rings is 1. The Kier molecular flexibility index (Phi) is 5.24. The molecule has 0 aromatic heterocycles. The number of carbonyl (C=O) groups is 1. The number of rotatable bonds is 4. The van der Waals surface area contributed by atoms with E-state index in [-0.39, 0.29) is 6.04 Å². The lowest BCUT2D eigenvalue weighted by atomic mass is 10.1. The summed E-state index contributed by atoms with van der Waals surface area (Å²) in [4.78, 5) is 14.3. The molecule has 0 bridgehead atoms. The Hall–Kier alpha value is -0.260. The molecule has 0 unspecified atom stereocenters. The Bertz CT molecular complexity index is 320. The standard InChI is InChI=1S/C15H26N2O2S/c18-15(14-10-20-11-16-14)17-7-5-13(6-8-17)19-9-12-3-1-2-4-12/h12-14,16H,1-11H2/t14-/m1/s1. The highest BCUT2D eigenvalue weighted by atomic mass is 32.2. The molecule has 3 fully saturated rings. The topological polar surface area (TPSA) is 41.6 Å². The number of nitrogens with one attached hydrogen (secondary N) is 1. The Morgan fingerprint density at radius 1 is 1.20 bits per heavy atom. The molecule has 114 valence electrons. The summed E-state index contributed by atoms with van der Waals surface area (Å²) in [6.45, 7) is 2.69. The van der Waals surface area contributed by atoms with Crippen LogP contribution in [-0.4, -0.2) is 54.3 Å². The molecule has 5 heteroatoms. The number of hydrogen-bond acceptors (Lipinski definition) is 4. The van der Waals surface area contributed by atoms with E-state index >= 15 is 0 Å². The summed E-state index contributed by atoms with van der Waals surface area (Å²) in [5.74, 6) is 2.94. The highest BCUT2D eigenvalue weighted by Gasteiger charge is 2.30. The molecule has 1 N–H and O–H groups in total. The minimum Gasteiger partial charge on any atom is -0.378 e. The van der Waals surface area contributed by atoms with Crippen molar-refractivity contribution < 1.29 is 9.53 Å². The fourth-order valence-corrected chi connectivity index (χ4v) is 4.40. The molecule has 4 nitrogen and oxygen atoms in total. The molecular formula is C15H26N2O2S. The molecule has 2 aliphatic heterocycles. The molecule has 1 amide bonds. The van der Waals surface area contributed by atoms with E-state index in [0.29, 0.717) is 12.0 Å². The second-order valence-electron chi connectivity index (χ2n) is 6.28. The zero-order chi connectivity index (χ0) is 13.8. The summed E-state index contributed by atoms with van der Waals surface area (Å²) in [7, 11) is 0. The van der Waals surface area contributed by atoms with Crippen molar-refractivity contribution in [3.05, 3.63) is 0 Å². The number of hydrogen-bond donors (Lipinski definition) is 1. The number of amides is 1. The average molecular weight is 298 g/mol. The van der Waals surface area contributed by atoms with E-state index in [9.17, 15) is 4.79 Å². The molecule has 1 saturated carbocycles. The van der Waals surface area contributed by atoms with E-state index in [1.165, 1.54) is 25.7 Å². The van der Waals surface area contributed by atoms with Gasteiger partial charge in [-0.05, 0) is 31.6 Å². The molecule has 3 aliphatic rings. The van der Waals surface area contributed by atoms with Gasteiger partial charge in [-0.2, -0.15) is 0 Å². The molecule has 3 rings (SSSR count). The highest BCUT2D eigenvalue weighted by Crippen LogP contribution is 2.26. The molecule has 2 heterocycles. The SMILES string of the molecule is O=C([C@H]1CSCN1)N1CCC(OCC2CCCC2)CC1. The third-order valence-electron chi connectivity index (χ3n) is 4.81. The normalized spacial score (nSPS) is 29.2. The molecule has 20 heavy (non-hydrogen) atoms. The molecule has 0 radical (unpaired) electrons. The van der Waals surface area contributed by atoms with Gasteiger partial charge in [0.1, 0.15) is 0 Å². The maximum absolute atomic E-state index is 12.3. The Morgan fingerprint density at radius 3 is 2.60 bits per heavy atom. The van der Waals surface area contributed by atoms with Gasteiger partial charge in [0, 0.05) is 31.3 Å². The molecule has 0 aromatic carbocycles. The van der Waals surface area contributed by atoms with E-state index in [2.05, 4.69) is 5.32 Å². The van der Waals surface area contributed by atoms with Gasteiger partial charge in [-0.1, -0.05) is 12.8 Å². The Morgan fingerprint density at radius 2 is 1.95 bits per heavy atom. The van der Waals surface area contributed by atoms with Crippen molar-refractivity contribution in [3.8, 4) is 0 Å². The van der Waals surface area contributed by atoms with Gasteiger partial charge >= 0.3 is 0 Å². The first-order chi connectivity index (χ1) is 9.83. The predicted octanol–water partition coefficient (Wildman–Crippen LogP) is 1.85. The van der Waals surface area contributed by atoms with Crippen LogP contribution in [0.3, 0.4) is 0 Å². The summed E-state index contributed by atoms with van der Waals surface area (Å²) in [6, 6.07) is 0.0518. The van der Waals surface area contributed by atoms with Crippen molar-refractivity contribution in [1.29, 1.82) is 0 Å². The lowest BCUT2D eigenvalue weighted by Crippen LogP contribution is -2.49. The predicted molar refractivity (Wildman–Crippen MR) is 81.8 cm³/mol. The monoisotopic (exact) mass is 298 g/mol. The van der Waals surface area contributed by atoms with Gasteiger partial charge < -0.3 is 9.64 Å². The van der Waals surface area contributed by atoms with Gasteiger partial charge in [-0.25, -0.2) is 0 Å². The van der Waals surface area contributed by atoms with E-state index in [1.54, 1.807) is 0 Å². The van der Waals surface area contributed by atoms with Gasteiger partial charge in [0.15, 0.2) is 0 Å². The van der Waals surface area contributed by atoms with Gasteiger partial charge in [-0.3, -0.25) is 10.1 Å². The first kappa shape index (κ1) is 14.7. The quantitative estimate of drug-likeness (QED) is 0.860. The van der Waals surface area contributed by atoms with Crippen LogP contribution in [0.25, 0.3) is 0 Å². The van der Waals surface area contributed by atoms with E-state index < -0.39 is 0 Å². The molecule has 1 atom stereocenters. The molecule has 2 saturated heterocycles. The smallest absolute Gasteiger partial charge is 0.240 e. The first-order valence-electron chi connectivity index (χ1n) is 8.04. The number of likely N-dealkylation sites (tertiary alicyclic amines) is 1. The second-order valence-corrected chi connectivity index (χ2v) is 7.31. The number of carbonyl (C=O) groups excluding carboxylic acids is 1. The van der Waals surface area contributed by atoms with Gasteiger partial charge in [0.05, 0.1) is 12.1 Å². The number of thioether (sulfide) groups is 1. The number of ether oxygens (including phenoxy) is 1. The molecule has 1 aliphatic carbocycles. The maximum atomic E-state index is 12.3. The second kappa shape index (κ2) is 7.14. The minimum atomic E-state index is 0.0518. The Labute approximate surface area is 126 Å². The lowest BCUT2D eigenvalue weighted by molar-refractivity contribution is -0.135. The fraction of sp³-hybridized carbons (Fsp3) is 0.933. The van der Waals surface area contributed by atoms with Gasteiger partial charge in [0.25, 0.3) is 0 Å². The summed E-state index contributed by atoms with van der Waals surface area (Å²) < 4.78 is 6.06. The van der Waals surface area contributed by atoms with E-state index in [1.807, 2.05) is 16.7 Å². The van der Waals surface area contributed by atoms with Crippen molar-refractivity contribution in [2.45, 2.75) is 50.7 Å². The van der Waals surface area contributed by atoms with Gasteiger partial charge in [-0.15, -0.1) is 11.8 Å². The van der Waals surface area contributed by atoms with Crippen molar-refractivity contribution >= 4 is 17.7 Å². The van der Waals surface area contributed by atoms with Crippen LogP contribution in [0.2, 0.25) is 0 Å². The zero-order valence-corrected chi connectivity index (χ0v) is 13.0. The van der Waals surface area contributed by atoms with Gasteiger partial charge in [0.2, 0.25) is 5.91 Å². The third-order valence-corrected chi connectivity index (χ3v) is 5.75. The average Bonchev–Trinajstić information content (AvgIpc) is 3.18. The van der Waals surface area contributed by atoms with Crippen LogP contribution in [0.15, 0.2) is 0 Å². The molecular weight excluding hydrogens is 272 g/mol. The summed E-state index contributed by atoms with van der Waals surface area (Å²) in [5.41, 5.74) is 0. The molecule has 0 spiro atoms. The summed E-state index contributed by atoms with van der Waals surface area (Å²) >= 11 is 1.81. The summed E-state index contributed by atoms with van der Waals surface area (Å²) in [6.07, 6.45) is 7.87. The third kappa shape index (κ3) is 3.68. The first-order valence-corrected chi connectivity index (χ1v) is 9.20. The van der Waals surface area contributed by atoms with Crippen molar-refractivity contribution in [3.63, 3.8) is 0 Å². The Balaban J connectivity index is 1.36. The highest BCUT2D eigenvalue weighted by molar-refractivity contribution is 7.99. The van der Waals surface area contributed by atoms with Crippen LogP contribution in [0.1, 0.15) is 38.5 Å². The molecule has 0 aromatic rings. The van der Waals surface area contributed by atoms with Crippen molar-refractivity contribution in [2.75, 3.05) is 31.3 Å².